The average Bonchev–Trinajstić information content (AvgIpc) is 2.86. The molecule has 2 rings (SSSR count). The first-order chi connectivity index (χ1) is 12.6. The van der Waals surface area contributed by atoms with Gasteiger partial charge < -0.3 is 20.5 Å². The molecular weight excluding hydrogens is 388 g/mol. The normalized spacial score (nSPS) is 10.8. The molecule has 0 aliphatic heterocycles. The third-order valence-corrected chi connectivity index (χ3v) is 5.31. The van der Waals surface area contributed by atoms with Crippen molar-refractivity contribution in [2.24, 2.45) is 11.7 Å². The highest BCUT2D eigenvalue weighted by Gasteiger charge is 2.21. The quantitative estimate of drug-likeness (QED) is 0.707. The van der Waals surface area contributed by atoms with Crippen LogP contribution in [0.1, 0.15) is 45.0 Å². The first kappa shape index (κ1) is 21.1. The number of carbonyl (C=O) groups excluding carboxylic acids is 2. The number of amides is 2. The van der Waals surface area contributed by atoms with E-state index >= 15 is 0 Å². The van der Waals surface area contributed by atoms with Crippen LogP contribution in [-0.2, 0) is 0 Å². The van der Waals surface area contributed by atoms with E-state index in [1.165, 1.54) is 24.5 Å². The van der Waals surface area contributed by atoms with Crippen LogP contribution in [0.3, 0.4) is 0 Å². The number of rotatable bonds is 7. The second kappa shape index (κ2) is 8.63. The average molecular weight is 411 g/mol. The minimum Gasteiger partial charge on any atom is -0.493 e. The lowest BCUT2D eigenvalue weighted by Gasteiger charge is -2.15. The summed E-state index contributed by atoms with van der Waals surface area (Å²) in [7, 11) is 1.48. The number of ether oxygens (including phenoxy) is 2. The summed E-state index contributed by atoms with van der Waals surface area (Å²) in [5.41, 5.74) is 6.81. The van der Waals surface area contributed by atoms with Crippen molar-refractivity contribution >= 4 is 39.8 Å². The predicted molar refractivity (Wildman–Crippen MR) is 109 cm³/mol. The highest BCUT2D eigenvalue weighted by atomic mass is 35.5. The minimum absolute atomic E-state index is 0.272. The van der Waals surface area contributed by atoms with E-state index in [0.29, 0.717) is 34.6 Å². The first-order valence-electron chi connectivity index (χ1n) is 8.37. The van der Waals surface area contributed by atoms with Gasteiger partial charge in [0.25, 0.3) is 11.8 Å². The molecule has 6 nitrogen and oxygen atoms in total. The molecule has 27 heavy (non-hydrogen) atoms. The van der Waals surface area contributed by atoms with Gasteiger partial charge in [-0.3, -0.25) is 9.59 Å². The van der Waals surface area contributed by atoms with E-state index in [1.807, 2.05) is 20.8 Å². The highest BCUT2D eigenvalue weighted by molar-refractivity contribution is 7.16. The Balaban J connectivity index is 2.33. The SMILES string of the molecule is COc1cc(C(=O)Nc2sc(C)c(C)c2C(N)=O)cc(Cl)c1OCC(C)C. The largest absolute Gasteiger partial charge is 0.493 e. The van der Waals surface area contributed by atoms with E-state index in [-0.39, 0.29) is 10.6 Å². The minimum atomic E-state index is -0.583. The van der Waals surface area contributed by atoms with Crippen LogP contribution in [0.25, 0.3) is 0 Å². The summed E-state index contributed by atoms with van der Waals surface area (Å²) in [6.45, 7) is 8.16. The van der Waals surface area contributed by atoms with Gasteiger partial charge in [0.1, 0.15) is 5.00 Å². The van der Waals surface area contributed by atoms with E-state index in [0.717, 1.165) is 10.4 Å². The van der Waals surface area contributed by atoms with Crippen molar-refractivity contribution in [2.45, 2.75) is 27.7 Å². The van der Waals surface area contributed by atoms with Crippen molar-refractivity contribution in [3.8, 4) is 11.5 Å². The second-order valence-corrected chi connectivity index (χ2v) is 8.13. The van der Waals surface area contributed by atoms with Crippen LogP contribution in [0, 0.1) is 19.8 Å². The number of nitrogens with two attached hydrogens (primary N) is 1. The van der Waals surface area contributed by atoms with Gasteiger partial charge in [0, 0.05) is 10.4 Å². The van der Waals surface area contributed by atoms with Crippen molar-refractivity contribution in [1.82, 2.24) is 0 Å². The van der Waals surface area contributed by atoms with Gasteiger partial charge in [-0.1, -0.05) is 25.4 Å². The smallest absolute Gasteiger partial charge is 0.256 e. The fourth-order valence-electron chi connectivity index (χ4n) is 2.43. The molecule has 2 amide bonds. The molecular formula is C19H23ClN2O4S. The van der Waals surface area contributed by atoms with E-state index < -0.39 is 11.8 Å². The molecule has 0 radical (unpaired) electrons. The summed E-state index contributed by atoms with van der Waals surface area (Å²) >= 11 is 7.60. The number of primary amides is 1. The Labute approximate surface area is 167 Å². The Kier molecular flexibility index (Phi) is 6.73. The third-order valence-electron chi connectivity index (χ3n) is 3.91. The zero-order chi connectivity index (χ0) is 20.3. The monoisotopic (exact) mass is 410 g/mol. The summed E-state index contributed by atoms with van der Waals surface area (Å²) in [6, 6.07) is 3.06. The predicted octanol–water partition coefficient (Wildman–Crippen LogP) is 4.41. The van der Waals surface area contributed by atoms with Gasteiger partial charge in [-0.25, -0.2) is 0 Å². The lowest BCUT2D eigenvalue weighted by molar-refractivity contribution is 0.100. The van der Waals surface area contributed by atoms with Gasteiger partial charge >= 0.3 is 0 Å². The van der Waals surface area contributed by atoms with Gasteiger partial charge in [0.2, 0.25) is 0 Å². The molecule has 0 aliphatic carbocycles. The van der Waals surface area contributed by atoms with Gasteiger partial charge in [0.15, 0.2) is 11.5 Å². The molecule has 3 N–H and O–H groups in total. The molecule has 0 unspecified atom stereocenters. The fraction of sp³-hybridized carbons (Fsp3) is 0.368. The van der Waals surface area contributed by atoms with E-state index in [9.17, 15) is 9.59 Å². The molecule has 0 saturated heterocycles. The highest BCUT2D eigenvalue weighted by Crippen LogP contribution is 2.37. The lowest BCUT2D eigenvalue weighted by Crippen LogP contribution is -2.17. The van der Waals surface area contributed by atoms with Gasteiger partial charge in [-0.15, -0.1) is 11.3 Å². The molecule has 0 aliphatic rings. The number of aryl methyl sites for hydroxylation is 1. The number of methoxy groups -OCH3 is 1. The molecule has 0 bridgehead atoms. The van der Waals surface area contributed by atoms with E-state index in [4.69, 9.17) is 26.8 Å². The zero-order valence-corrected chi connectivity index (χ0v) is 17.5. The van der Waals surface area contributed by atoms with Crippen LogP contribution in [0.4, 0.5) is 5.00 Å². The maximum atomic E-state index is 12.7. The van der Waals surface area contributed by atoms with Crippen molar-refractivity contribution in [1.29, 1.82) is 0 Å². The summed E-state index contributed by atoms with van der Waals surface area (Å²) in [4.78, 5) is 25.3. The number of hydrogen-bond acceptors (Lipinski definition) is 5. The molecule has 0 atom stereocenters. The molecule has 0 saturated carbocycles. The van der Waals surface area contributed by atoms with Crippen LogP contribution >= 0.6 is 22.9 Å². The Bertz CT molecular complexity index is 877. The van der Waals surface area contributed by atoms with E-state index in [2.05, 4.69) is 5.32 Å². The van der Waals surface area contributed by atoms with Gasteiger partial charge in [-0.05, 0) is 37.5 Å². The number of benzene rings is 1. The van der Waals surface area contributed by atoms with Crippen molar-refractivity contribution < 1.29 is 19.1 Å². The fourth-order valence-corrected chi connectivity index (χ4v) is 3.75. The first-order valence-corrected chi connectivity index (χ1v) is 9.56. The summed E-state index contributed by atoms with van der Waals surface area (Å²) in [5.74, 6) is 0.0628. The van der Waals surface area contributed by atoms with Crippen LogP contribution < -0.4 is 20.5 Å². The maximum absolute atomic E-state index is 12.7. The number of halogens is 1. The van der Waals surface area contributed by atoms with Crippen LogP contribution in [0.15, 0.2) is 12.1 Å². The Morgan fingerprint density at radius 1 is 1.30 bits per heavy atom. The topological polar surface area (TPSA) is 90.6 Å². The standard InChI is InChI=1S/C19H23ClN2O4S/c1-9(2)8-26-16-13(20)6-12(7-14(16)25-5)18(24)22-19-15(17(21)23)10(3)11(4)27-19/h6-7,9H,8H2,1-5H3,(H2,21,23)(H,22,24). The van der Waals surface area contributed by atoms with Gasteiger partial charge in [-0.2, -0.15) is 0 Å². The van der Waals surface area contributed by atoms with Crippen LogP contribution in [-0.4, -0.2) is 25.5 Å². The van der Waals surface area contributed by atoms with E-state index in [1.54, 1.807) is 13.0 Å². The molecule has 1 heterocycles. The third kappa shape index (κ3) is 4.73. The maximum Gasteiger partial charge on any atom is 0.256 e. The summed E-state index contributed by atoms with van der Waals surface area (Å²) < 4.78 is 11.0. The molecule has 0 spiro atoms. The summed E-state index contributed by atoms with van der Waals surface area (Å²) in [5, 5.41) is 3.43. The van der Waals surface area contributed by atoms with Crippen LogP contribution in [0.5, 0.6) is 11.5 Å². The second-order valence-electron chi connectivity index (χ2n) is 6.50. The Morgan fingerprint density at radius 3 is 2.52 bits per heavy atom. The molecule has 8 heteroatoms. The molecule has 146 valence electrons. The molecule has 1 aromatic carbocycles. The molecule has 2 aromatic rings. The van der Waals surface area contributed by atoms with Crippen molar-refractivity contribution in [3.05, 3.63) is 38.7 Å². The van der Waals surface area contributed by atoms with Gasteiger partial charge in [0.05, 0.1) is 24.3 Å². The number of carbonyl (C=O) groups is 2. The summed E-state index contributed by atoms with van der Waals surface area (Å²) in [6.07, 6.45) is 0. The van der Waals surface area contributed by atoms with Crippen molar-refractivity contribution in [3.63, 3.8) is 0 Å². The Hall–Kier alpha value is -2.25. The van der Waals surface area contributed by atoms with Crippen molar-refractivity contribution in [2.75, 3.05) is 19.0 Å². The zero-order valence-electron chi connectivity index (χ0n) is 15.9. The number of hydrogen-bond donors (Lipinski definition) is 2. The number of nitrogens with one attached hydrogen (secondary N) is 1. The number of thiophene rings is 1. The lowest BCUT2D eigenvalue weighted by atomic mass is 10.1. The Morgan fingerprint density at radius 2 is 1.96 bits per heavy atom. The molecule has 0 fully saturated rings. The van der Waals surface area contributed by atoms with Crippen LogP contribution in [0.2, 0.25) is 5.02 Å². The number of anilines is 1. The molecule has 1 aromatic heterocycles.